The highest BCUT2D eigenvalue weighted by molar-refractivity contribution is 5.81. The first-order chi connectivity index (χ1) is 23.5. The van der Waals surface area contributed by atoms with E-state index in [4.69, 9.17) is 0 Å². The maximum atomic E-state index is 11.3. The number of anilines is 5. The van der Waals surface area contributed by atoms with Gasteiger partial charge < -0.3 is 9.80 Å². The molecule has 0 bridgehead atoms. The predicted molar refractivity (Wildman–Crippen MR) is 199 cm³/mol. The third kappa shape index (κ3) is 6.43. The fourth-order valence-electron chi connectivity index (χ4n) is 5.96. The Labute approximate surface area is 280 Å². The summed E-state index contributed by atoms with van der Waals surface area (Å²) in [6, 6.07) is 61.8. The SMILES string of the molecule is CN(c1ccc(-c2ccc(N(c3ccc(-c4ccccc4)cc3)c3ccc(-c4ccccc4)cc3)cc2)cc1)c1cccc([N+](=O)[O-])c1. The molecule has 0 amide bonds. The van der Waals surface area contributed by atoms with E-state index in [-0.39, 0.29) is 10.6 Å². The zero-order valence-corrected chi connectivity index (χ0v) is 26.5. The highest BCUT2D eigenvalue weighted by atomic mass is 16.6. The Morgan fingerprint density at radius 3 is 1.12 bits per heavy atom. The van der Waals surface area contributed by atoms with Crippen molar-refractivity contribution in [1.29, 1.82) is 0 Å². The second kappa shape index (κ2) is 13.5. The topological polar surface area (TPSA) is 49.6 Å². The summed E-state index contributed by atoms with van der Waals surface area (Å²) in [6.45, 7) is 0. The van der Waals surface area contributed by atoms with Gasteiger partial charge in [0, 0.05) is 47.6 Å². The molecule has 0 aliphatic rings. The van der Waals surface area contributed by atoms with Gasteiger partial charge in [0.25, 0.3) is 5.69 Å². The summed E-state index contributed by atoms with van der Waals surface area (Å²) in [5.41, 5.74) is 11.9. The molecule has 48 heavy (non-hydrogen) atoms. The molecular weight excluding hydrogens is 590 g/mol. The van der Waals surface area contributed by atoms with E-state index in [1.54, 1.807) is 12.1 Å². The molecular formula is C43H33N3O2. The molecule has 0 aromatic heterocycles. The fraction of sp³-hybridized carbons (Fsp3) is 0.0233. The molecule has 5 heteroatoms. The molecule has 0 unspecified atom stereocenters. The second-order valence-corrected chi connectivity index (χ2v) is 11.6. The highest BCUT2D eigenvalue weighted by Gasteiger charge is 2.15. The standard InChI is InChI=1S/C43H33N3O2/c1-44(42-13-8-14-43(31-42)46(47)48)38-23-15-36(16-24-38)37-21-29-41(30-22-37)45(39-25-17-34(18-26-39)32-9-4-2-5-10-32)40-27-19-35(20-28-40)33-11-6-3-7-12-33/h2-31H,1H3. The van der Waals surface area contributed by atoms with E-state index in [2.05, 4.69) is 138 Å². The van der Waals surface area contributed by atoms with Gasteiger partial charge in [-0.05, 0) is 88.0 Å². The number of nitrogens with zero attached hydrogens (tertiary/aromatic N) is 3. The Kier molecular flexibility index (Phi) is 8.49. The second-order valence-electron chi connectivity index (χ2n) is 11.6. The van der Waals surface area contributed by atoms with Crippen molar-refractivity contribution in [1.82, 2.24) is 0 Å². The molecule has 0 saturated carbocycles. The van der Waals surface area contributed by atoms with Gasteiger partial charge in [0.05, 0.1) is 4.92 Å². The summed E-state index contributed by atoms with van der Waals surface area (Å²) in [5.74, 6) is 0. The summed E-state index contributed by atoms with van der Waals surface area (Å²) in [5, 5.41) is 11.3. The Balaban J connectivity index is 1.18. The van der Waals surface area contributed by atoms with Crippen LogP contribution in [0, 0.1) is 10.1 Å². The Hall–Kier alpha value is -6.46. The Morgan fingerprint density at radius 1 is 0.396 bits per heavy atom. The molecule has 7 aromatic rings. The van der Waals surface area contributed by atoms with Gasteiger partial charge in [0.15, 0.2) is 0 Å². The lowest BCUT2D eigenvalue weighted by molar-refractivity contribution is -0.384. The van der Waals surface area contributed by atoms with Crippen LogP contribution in [0.3, 0.4) is 0 Å². The molecule has 0 fully saturated rings. The van der Waals surface area contributed by atoms with Crippen LogP contribution in [-0.4, -0.2) is 12.0 Å². The number of rotatable bonds is 9. The number of benzene rings is 7. The van der Waals surface area contributed by atoms with E-state index in [9.17, 15) is 10.1 Å². The van der Waals surface area contributed by atoms with Crippen LogP contribution in [0.2, 0.25) is 0 Å². The third-order valence-electron chi connectivity index (χ3n) is 8.61. The maximum Gasteiger partial charge on any atom is 0.271 e. The molecule has 0 aliphatic carbocycles. The largest absolute Gasteiger partial charge is 0.344 e. The quantitative estimate of drug-likeness (QED) is 0.119. The van der Waals surface area contributed by atoms with Crippen molar-refractivity contribution >= 4 is 34.1 Å². The molecule has 7 rings (SSSR count). The Morgan fingerprint density at radius 2 is 0.750 bits per heavy atom. The molecule has 5 nitrogen and oxygen atoms in total. The lowest BCUT2D eigenvalue weighted by atomic mass is 10.0. The summed E-state index contributed by atoms with van der Waals surface area (Å²) in [6.07, 6.45) is 0. The van der Waals surface area contributed by atoms with E-state index in [0.717, 1.165) is 39.6 Å². The third-order valence-corrected chi connectivity index (χ3v) is 8.61. The van der Waals surface area contributed by atoms with Crippen LogP contribution in [0.15, 0.2) is 182 Å². The molecule has 0 atom stereocenters. The maximum absolute atomic E-state index is 11.3. The summed E-state index contributed by atoms with van der Waals surface area (Å²) in [7, 11) is 1.91. The molecule has 0 N–H and O–H groups in total. The molecule has 0 radical (unpaired) electrons. The van der Waals surface area contributed by atoms with Crippen LogP contribution < -0.4 is 9.80 Å². The van der Waals surface area contributed by atoms with Crippen molar-refractivity contribution in [2.24, 2.45) is 0 Å². The molecule has 0 saturated heterocycles. The van der Waals surface area contributed by atoms with Crippen LogP contribution in [0.4, 0.5) is 34.1 Å². The number of nitro benzene ring substituents is 1. The minimum atomic E-state index is -0.370. The first-order valence-corrected chi connectivity index (χ1v) is 15.8. The number of hydrogen-bond donors (Lipinski definition) is 0. The average Bonchev–Trinajstić information content (AvgIpc) is 3.16. The van der Waals surface area contributed by atoms with Crippen molar-refractivity contribution in [2.45, 2.75) is 0 Å². The first-order valence-electron chi connectivity index (χ1n) is 15.8. The van der Waals surface area contributed by atoms with Gasteiger partial charge in [-0.25, -0.2) is 0 Å². The van der Waals surface area contributed by atoms with E-state index >= 15 is 0 Å². The zero-order valence-electron chi connectivity index (χ0n) is 26.5. The number of nitro groups is 1. The first kappa shape index (κ1) is 30.2. The van der Waals surface area contributed by atoms with Gasteiger partial charge in [-0.3, -0.25) is 10.1 Å². The molecule has 232 valence electrons. The smallest absolute Gasteiger partial charge is 0.271 e. The van der Waals surface area contributed by atoms with E-state index in [1.165, 1.54) is 28.3 Å². The van der Waals surface area contributed by atoms with E-state index < -0.39 is 0 Å². The van der Waals surface area contributed by atoms with Crippen molar-refractivity contribution in [3.8, 4) is 33.4 Å². The van der Waals surface area contributed by atoms with E-state index in [0.29, 0.717) is 0 Å². The lowest BCUT2D eigenvalue weighted by Crippen LogP contribution is -2.10. The average molecular weight is 624 g/mol. The van der Waals surface area contributed by atoms with Crippen LogP contribution in [-0.2, 0) is 0 Å². The van der Waals surface area contributed by atoms with Crippen molar-refractivity contribution < 1.29 is 4.92 Å². The van der Waals surface area contributed by atoms with Crippen LogP contribution >= 0.6 is 0 Å². The van der Waals surface area contributed by atoms with Crippen molar-refractivity contribution in [3.05, 3.63) is 192 Å². The van der Waals surface area contributed by atoms with Crippen LogP contribution in [0.1, 0.15) is 0 Å². The molecule has 0 spiro atoms. The van der Waals surface area contributed by atoms with Crippen molar-refractivity contribution in [2.75, 3.05) is 16.8 Å². The summed E-state index contributed by atoms with van der Waals surface area (Å²) in [4.78, 5) is 15.1. The van der Waals surface area contributed by atoms with Gasteiger partial charge in [-0.1, -0.05) is 115 Å². The molecule has 0 heterocycles. The summed E-state index contributed by atoms with van der Waals surface area (Å²) < 4.78 is 0. The normalized spacial score (nSPS) is 10.8. The van der Waals surface area contributed by atoms with Gasteiger partial charge in [-0.15, -0.1) is 0 Å². The van der Waals surface area contributed by atoms with E-state index in [1.807, 2.05) is 42.3 Å². The van der Waals surface area contributed by atoms with Crippen LogP contribution in [0.5, 0.6) is 0 Å². The fourth-order valence-corrected chi connectivity index (χ4v) is 5.96. The van der Waals surface area contributed by atoms with Crippen molar-refractivity contribution in [3.63, 3.8) is 0 Å². The number of hydrogen-bond acceptors (Lipinski definition) is 4. The monoisotopic (exact) mass is 623 g/mol. The van der Waals surface area contributed by atoms with Gasteiger partial charge in [-0.2, -0.15) is 0 Å². The number of non-ortho nitro benzene ring substituents is 1. The highest BCUT2D eigenvalue weighted by Crippen LogP contribution is 2.38. The zero-order chi connectivity index (χ0) is 32.9. The Bertz CT molecular complexity index is 2050. The molecule has 7 aromatic carbocycles. The van der Waals surface area contributed by atoms with Gasteiger partial charge in [0.2, 0.25) is 0 Å². The summed E-state index contributed by atoms with van der Waals surface area (Å²) >= 11 is 0. The van der Waals surface area contributed by atoms with Gasteiger partial charge >= 0.3 is 0 Å². The van der Waals surface area contributed by atoms with Gasteiger partial charge in [0.1, 0.15) is 0 Å². The minimum Gasteiger partial charge on any atom is -0.344 e. The minimum absolute atomic E-state index is 0.0735. The lowest BCUT2D eigenvalue weighted by Gasteiger charge is -2.26. The van der Waals surface area contributed by atoms with Crippen LogP contribution in [0.25, 0.3) is 33.4 Å². The predicted octanol–water partition coefficient (Wildman–Crippen LogP) is 11.8. The molecule has 0 aliphatic heterocycles.